The Bertz CT molecular complexity index is 700. The summed E-state index contributed by atoms with van der Waals surface area (Å²) in [5.74, 6) is -0.0836. The van der Waals surface area contributed by atoms with E-state index in [9.17, 15) is 9.59 Å². The summed E-state index contributed by atoms with van der Waals surface area (Å²) in [6.45, 7) is 2.18. The van der Waals surface area contributed by atoms with Gasteiger partial charge in [0.1, 0.15) is 5.75 Å². The Hall–Kier alpha value is -2.34. The minimum Gasteiger partial charge on any atom is -0.494 e. The van der Waals surface area contributed by atoms with Gasteiger partial charge in [-0.2, -0.15) is 0 Å². The number of nitrogens with one attached hydrogen (secondary N) is 1. The lowest BCUT2D eigenvalue weighted by atomic mass is 10.1. The van der Waals surface area contributed by atoms with E-state index in [1.807, 2.05) is 13.0 Å². The van der Waals surface area contributed by atoms with Crippen LogP contribution >= 0.6 is 15.9 Å². The molecule has 0 unspecified atom stereocenters. The SMILES string of the molecule is CCOc1ccc(CC(=O)OCC(=O)Nc2cccc(Br)c2)cc1. The van der Waals surface area contributed by atoms with Crippen molar-refractivity contribution >= 4 is 33.5 Å². The Morgan fingerprint density at radius 1 is 1.12 bits per heavy atom. The molecular weight excluding hydrogens is 374 g/mol. The van der Waals surface area contributed by atoms with Crippen LogP contribution in [-0.2, 0) is 20.7 Å². The third-order valence-electron chi connectivity index (χ3n) is 3.06. The van der Waals surface area contributed by atoms with Crippen LogP contribution in [0.4, 0.5) is 5.69 Å². The highest BCUT2D eigenvalue weighted by Crippen LogP contribution is 2.15. The molecule has 2 aromatic carbocycles. The highest BCUT2D eigenvalue weighted by molar-refractivity contribution is 9.10. The van der Waals surface area contributed by atoms with Crippen molar-refractivity contribution in [3.05, 3.63) is 58.6 Å². The monoisotopic (exact) mass is 391 g/mol. The second-order valence-corrected chi connectivity index (χ2v) is 5.89. The first-order valence-corrected chi connectivity index (χ1v) is 8.29. The van der Waals surface area contributed by atoms with Crippen molar-refractivity contribution < 1.29 is 19.1 Å². The van der Waals surface area contributed by atoms with Gasteiger partial charge in [-0.3, -0.25) is 9.59 Å². The summed E-state index contributed by atoms with van der Waals surface area (Å²) in [4.78, 5) is 23.6. The zero-order chi connectivity index (χ0) is 17.4. The summed E-state index contributed by atoms with van der Waals surface area (Å²) in [6, 6.07) is 14.4. The fourth-order valence-electron chi connectivity index (χ4n) is 2.00. The molecule has 5 nitrogen and oxygen atoms in total. The average Bonchev–Trinajstić information content (AvgIpc) is 2.55. The van der Waals surface area contributed by atoms with Crippen LogP contribution in [0.1, 0.15) is 12.5 Å². The third-order valence-corrected chi connectivity index (χ3v) is 3.55. The quantitative estimate of drug-likeness (QED) is 0.732. The van der Waals surface area contributed by atoms with Crippen molar-refractivity contribution in [2.24, 2.45) is 0 Å². The molecule has 0 bridgehead atoms. The van der Waals surface area contributed by atoms with Crippen LogP contribution in [0.15, 0.2) is 53.0 Å². The highest BCUT2D eigenvalue weighted by Gasteiger charge is 2.09. The van der Waals surface area contributed by atoms with Gasteiger partial charge in [-0.1, -0.05) is 34.1 Å². The summed E-state index contributed by atoms with van der Waals surface area (Å²) in [6.07, 6.45) is 0.108. The fraction of sp³-hybridized carbons (Fsp3) is 0.222. The van der Waals surface area contributed by atoms with E-state index in [1.54, 1.807) is 42.5 Å². The van der Waals surface area contributed by atoms with Gasteiger partial charge in [0.15, 0.2) is 6.61 Å². The van der Waals surface area contributed by atoms with Gasteiger partial charge in [0.2, 0.25) is 0 Å². The minimum atomic E-state index is -0.455. The molecule has 0 atom stereocenters. The first-order chi connectivity index (χ1) is 11.6. The summed E-state index contributed by atoms with van der Waals surface area (Å²) in [5, 5.41) is 2.66. The van der Waals surface area contributed by atoms with E-state index in [1.165, 1.54) is 0 Å². The van der Waals surface area contributed by atoms with Gasteiger partial charge in [0.25, 0.3) is 5.91 Å². The van der Waals surface area contributed by atoms with Gasteiger partial charge in [0, 0.05) is 10.2 Å². The van der Waals surface area contributed by atoms with Crippen LogP contribution in [0, 0.1) is 0 Å². The maximum absolute atomic E-state index is 11.8. The number of rotatable bonds is 7. The van der Waals surface area contributed by atoms with Crippen LogP contribution < -0.4 is 10.1 Å². The van der Waals surface area contributed by atoms with Crippen LogP contribution in [0.3, 0.4) is 0 Å². The zero-order valence-electron chi connectivity index (χ0n) is 13.3. The molecule has 2 rings (SSSR count). The Morgan fingerprint density at radius 3 is 2.54 bits per heavy atom. The molecule has 0 fully saturated rings. The zero-order valence-corrected chi connectivity index (χ0v) is 14.8. The van der Waals surface area contributed by atoms with Gasteiger partial charge in [-0.25, -0.2) is 0 Å². The first-order valence-electron chi connectivity index (χ1n) is 7.49. The molecule has 0 aliphatic heterocycles. The van der Waals surface area contributed by atoms with Gasteiger partial charge in [-0.15, -0.1) is 0 Å². The lowest BCUT2D eigenvalue weighted by Crippen LogP contribution is -2.21. The van der Waals surface area contributed by atoms with E-state index in [0.29, 0.717) is 12.3 Å². The number of carbonyl (C=O) groups is 2. The smallest absolute Gasteiger partial charge is 0.310 e. The standard InChI is InChI=1S/C18H18BrNO4/c1-2-23-16-8-6-13(7-9-16)10-18(22)24-12-17(21)20-15-5-3-4-14(19)11-15/h3-9,11H,2,10,12H2,1H3,(H,20,21). The predicted molar refractivity (Wildman–Crippen MR) is 95.0 cm³/mol. The Labute approximate surface area is 149 Å². The minimum absolute atomic E-state index is 0.108. The maximum Gasteiger partial charge on any atom is 0.310 e. The number of halogens is 1. The normalized spacial score (nSPS) is 10.1. The molecule has 1 N–H and O–H groups in total. The molecule has 0 aliphatic rings. The van der Waals surface area contributed by atoms with E-state index < -0.39 is 5.97 Å². The van der Waals surface area contributed by atoms with Crippen LogP contribution in [0.2, 0.25) is 0 Å². The molecule has 6 heteroatoms. The molecular formula is C18H18BrNO4. The number of carbonyl (C=O) groups excluding carboxylic acids is 2. The predicted octanol–water partition coefficient (Wildman–Crippen LogP) is 3.57. The van der Waals surface area contributed by atoms with Crippen LogP contribution in [0.5, 0.6) is 5.75 Å². The van der Waals surface area contributed by atoms with Gasteiger partial charge in [-0.05, 0) is 42.8 Å². The van der Waals surface area contributed by atoms with E-state index in [4.69, 9.17) is 9.47 Å². The van der Waals surface area contributed by atoms with E-state index in [-0.39, 0.29) is 18.9 Å². The molecule has 0 saturated carbocycles. The van der Waals surface area contributed by atoms with Gasteiger partial charge in [0.05, 0.1) is 13.0 Å². The fourth-order valence-corrected chi connectivity index (χ4v) is 2.40. The molecule has 0 radical (unpaired) electrons. The van der Waals surface area contributed by atoms with Crippen molar-refractivity contribution in [2.45, 2.75) is 13.3 Å². The summed E-state index contributed by atoms with van der Waals surface area (Å²) in [7, 11) is 0. The number of esters is 1. The Balaban J connectivity index is 1.77. The largest absolute Gasteiger partial charge is 0.494 e. The highest BCUT2D eigenvalue weighted by atomic mass is 79.9. The van der Waals surface area contributed by atoms with Gasteiger partial charge < -0.3 is 14.8 Å². The number of benzene rings is 2. The van der Waals surface area contributed by atoms with Crippen molar-refractivity contribution in [2.75, 3.05) is 18.5 Å². The third kappa shape index (κ3) is 6.04. The van der Waals surface area contributed by atoms with E-state index >= 15 is 0 Å². The van der Waals surface area contributed by atoms with Crippen molar-refractivity contribution in [1.82, 2.24) is 0 Å². The first kappa shape index (κ1) is 18.0. The Morgan fingerprint density at radius 2 is 1.88 bits per heavy atom. The molecule has 2 aromatic rings. The van der Waals surface area contributed by atoms with Crippen molar-refractivity contribution in [1.29, 1.82) is 0 Å². The molecule has 126 valence electrons. The lowest BCUT2D eigenvalue weighted by Gasteiger charge is -2.07. The number of anilines is 1. The average molecular weight is 392 g/mol. The molecule has 0 saturated heterocycles. The second kappa shape index (κ2) is 9.08. The number of ether oxygens (including phenoxy) is 2. The Kier molecular flexibility index (Phi) is 6.81. The van der Waals surface area contributed by atoms with Crippen LogP contribution in [-0.4, -0.2) is 25.1 Å². The number of amides is 1. The molecule has 0 heterocycles. The molecule has 0 spiro atoms. The molecule has 24 heavy (non-hydrogen) atoms. The van der Waals surface area contributed by atoms with Crippen LogP contribution in [0.25, 0.3) is 0 Å². The second-order valence-electron chi connectivity index (χ2n) is 4.97. The summed E-state index contributed by atoms with van der Waals surface area (Å²) in [5.41, 5.74) is 1.44. The lowest BCUT2D eigenvalue weighted by molar-refractivity contribution is -0.146. The molecule has 1 amide bonds. The maximum atomic E-state index is 11.8. The molecule has 0 aliphatic carbocycles. The summed E-state index contributed by atoms with van der Waals surface area (Å²) < 4.78 is 11.2. The molecule has 0 aromatic heterocycles. The number of hydrogen-bond donors (Lipinski definition) is 1. The van der Waals surface area contributed by atoms with Crippen molar-refractivity contribution in [3.63, 3.8) is 0 Å². The summed E-state index contributed by atoms with van der Waals surface area (Å²) >= 11 is 3.32. The number of hydrogen-bond acceptors (Lipinski definition) is 4. The van der Waals surface area contributed by atoms with Gasteiger partial charge >= 0.3 is 5.97 Å². The topological polar surface area (TPSA) is 64.6 Å². The van der Waals surface area contributed by atoms with Crippen molar-refractivity contribution in [3.8, 4) is 5.75 Å². The van der Waals surface area contributed by atoms with E-state index in [0.717, 1.165) is 15.8 Å². The van der Waals surface area contributed by atoms with E-state index in [2.05, 4.69) is 21.2 Å².